The number of benzene rings is 2. The van der Waals surface area contributed by atoms with Crippen molar-refractivity contribution in [2.45, 2.75) is 4.90 Å². The first-order valence-corrected chi connectivity index (χ1v) is 7.00. The molecule has 0 aromatic heterocycles. The number of non-ortho nitro benzene ring substituents is 1. The molecule has 21 heavy (non-hydrogen) atoms. The number of nitro groups is 1. The molecule has 2 N–H and O–H groups in total. The Labute approximate surface area is 118 Å². The fourth-order valence-electron chi connectivity index (χ4n) is 1.63. The van der Waals surface area contributed by atoms with Gasteiger partial charge in [0, 0.05) is 17.8 Å². The van der Waals surface area contributed by atoms with Crippen LogP contribution in [0.15, 0.2) is 47.4 Å². The molecule has 2 aromatic carbocycles. The Kier molecular flexibility index (Phi) is 3.87. The molecule has 0 spiro atoms. The highest BCUT2D eigenvalue weighted by Gasteiger charge is 2.20. The molecule has 0 heterocycles. The van der Waals surface area contributed by atoms with Gasteiger partial charge in [-0.3, -0.25) is 14.7 Å². The minimum atomic E-state index is -4.66. The van der Waals surface area contributed by atoms with Crippen LogP contribution in [-0.4, -0.2) is 17.9 Å². The van der Waals surface area contributed by atoms with Gasteiger partial charge in [0.2, 0.25) is 0 Å². The maximum Gasteiger partial charge on any atom is 0.296 e. The van der Waals surface area contributed by atoms with E-state index in [2.05, 4.69) is 5.32 Å². The number of halogens is 1. The molecule has 9 heteroatoms. The van der Waals surface area contributed by atoms with Crippen LogP contribution in [0.25, 0.3) is 0 Å². The van der Waals surface area contributed by atoms with Crippen molar-refractivity contribution >= 4 is 27.2 Å². The number of nitro benzene ring substituents is 1. The Bertz CT molecular complexity index is 790. The lowest BCUT2D eigenvalue weighted by Crippen LogP contribution is -2.04. The highest BCUT2D eigenvalue weighted by atomic mass is 32.2. The summed E-state index contributed by atoms with van der Waals surface area (Å²) < 4.78 is 44.6. The third-order valence-corrected chi connectivity index (χ3v) is 3.47. The number of anilines is 2. The van der Waals surface area contributed by atoms with E-state index in [0.29, 0.717) is 5.69 Å². The highest BCUT2D eigenvalue weighted by molar-refractivity contribution is 7.86. The number of hydrogen-bond donors (Lipinski definition) is 2. The first-order valence-electron chi connectivity index (χ1n) is 5.56. The third kappa shape index (κ3) is 3.52. The molecular weight excluding hydrogens is 303 g/mol. The van der Waals surface area contributed by atoms with Crippen molar-refractivity contribution in [2.24, 2.45) is 0 Å². The fourth-order valence-corrected chi connectivity index (χ4v) is 2.30. The second-order valence-electron chi connectivity index (χ2n) is 4.04. The summed E-state index contributed by atoms with van der Waals surface area (Å²) in [6.07, 6.45) is 0. The van der Waals surface area contributed by atoms with E-state index in [4.69, 9.17) is 4.55 Å². The summed E-state index contributed by atoms with van der Waals surface area (Å²) in [5.41, 5.74) is -0.183. The number of nitrogens with one attached hydrogen (secondary N) is 1. The molecule has 0 radical (unpaired) electrons. The Balaban J connectivity index is 2.48. The average Bonchev–Trinajstić information content (AvgIpc) is 2.40. The van der Waals surface area contributed by atoms with Crippen molar-refractivity contribution in [1.29, 1.82) is 0 Å². The monoisotopic (exact) mass is 312 g/mol. The van der Waals surface area contributed by atoms with Gasteiger partial charge >= 0.3 is 0 Å². The molecule has 2 aromatic rings. The molecular formula is C12H9FN2O5S. The van der Waals surface area contributed by atoms with E-state index in [9.17, 15) is 22.9 Å². The molecule has 0 fully saturated rings. The van der Waals surface area contributed by atoms with Crippen LogP contribution in [0.4, 0.5) is 21.5 Å². The minimum Gasteiger partial charge on any atom is -0.354 e. The number of nitrogens with zero attached hydrogens (tertiary/aromatic N) is 1. The van der Waals surface area contributed by atoms with Gasteiger partial charge in [-0.25, -0.2) is 4.39 Å². The van der Waals surface area contributed by atoms with Crippen LogP contribution in [0.2, 0.25) is 0 Å². The molecule has 7 nitrogen and oxygen atoms in total. The van der Waals surface area contributed by atoms with E-state index >= 15 is 0 Å². The maximum absolute atomic E-state index is 12.8. The van der Waals surface area contributed by atoms with Crippen molar-refractivity contribution in [3.63, 3.8) is 0 Å². The lowest BCUT2D eigenvalue weighted by Gasteiger charge is -2.10. The van der Waals surface area contributed by atoms with Crippen LogP contribution >= 0.6 is 0 Å². The summed E-state index contributed by atoms with van der Waals surface area (Å²) in [5, 5.41) is 13.3. The fraction of sp³-hybridized carbons (Fsp3) is 0. The van der Waals surface area contributed by atoms with Gasteiger partial charge in [-0.15, -0.1) is 0 Å². The predicted molar refractivity (Wildman–Crippen MR) is 72.6 cm³/mol. The molecule has 0 saturated carbocycles. The van der Waals surface area contributed by atoms with Crippen molar-refractivity contribution < 1.29 is 22.3 Å². The Hall–Kier alpha value is -2.52. The van der Waals surface area contributed by atoms with Crippen LogP contribution in [-0.2, 0) is 10.1 Å². The summed E-state index contributed by atoms with van der Waals surface area (Å²) in [6, 6.07) is 7.98. The quantitative estimate of drug-likeness (QED) is 0.510. The van der Waals surface area contributed by atoms with Gasteiger partial charge in [0.15, 0.2) is 0 Å². The van der Waals surface area contributed by atoms with Gasteiger partial charge in [0.25, 0.3) is 15.8 Å². The van der Waals surface area contributed by atoms with Crippen LogP contribution in [0, 0.1) is 15.9 Å². The molecule has 0 saturated heterocycles. The van der Waals surface area contributed by atoms with Crippen molar-refractivity contribution in [3.8, 4) is 0 Å². The van der Waals surface area contributed by atoms with Gasteiger partial charge in [0.1, 0.15) is 10.7 Å². The van der Waals surface area contributed by atoms with E-state index in [-0.39, 0.29) is 5.69 Å². The normalized spacial score (nSPS) is 11.1. The van der Waals surface area contributed by atoms with E-state index in [1.165, 1.54) is 12.1 Å². The van der Waals surface area contributed by atoms with E-state index in [1.54, 1.807) is 0 Å². The van der Waals surface area contributed by atoms with Crippen molar-refractivity contribution in [3.05, 3.63) is 58.4 Å². The molecule has 0 atom stereocenters. The van der Waals surface area contributed by atoms with Gasteiger partial charge in [-0.05, 0) is 30.3 Å². The SMILES string of the molecule is O=[N+]([O-])c1ccc(Nc2ccc(F)cc2)c(S(=O)(=O)O)c1. The summed E-state index contributed by atoms with van der Waals surface area (Å²) in [7, 11) is -4.66. The lowest BCUT2D eigenvalue weighted by atomic mass is 10.2. The first kappa shape index (κ1) is 14.9. The topological polar surface area (TPSA) is 110 Å². The lowest BCUT2D eigenvalue weighted by molar-refractivity contribution is -0.385. The molecule has 0 amide bonds. The van der Waals surface area contributed by atoms with E-state index in [0.717, 1.165) is 30.3 Å². The highest BCUT2D eigenvalue weighted by Crippen LogP contribution is 2.28. The molecule has 0 bridgehead atoms. The molecule has 2 rings (SSSR count). The number of hydrogen-bond acceptors (Lipinski definition) is 5. The second-order valence-corrected chi connectivity index (χ2v) is 5.43. The largest absolute Gasteiger partial charge is 0.354 e. The molecule has 0 aliphatic heterocycles. The Morgan fingerprint density at radius 2 is 1.76 bits per heavy atom. The zero-order valence-corrected chi connectivity index (χ0v) is 11.2. The smallest absolute Gasteiger partial charge is 0.296 e. The van der Waals surface area contributed by atoms with Crippen LogP contribution < -0.4 is 5.32 Å². The van der Waals surface area contributed by atoms with Gasteiger partial charge in [-0.2, -0.15) is 8.42 Å². The zero-order chi connectivity index (χ0) is 15.6. The van der Waals surface area contributed by atoms with Crippen molar-refractivity contribution in [1.82, 2.24) is 0 Å². The molecule has 0 aliphatic carbocycles. The zero-order valence-electron chi connectivity index (χ0n) is 10.4. The minimum absolute atomic E-state index is 0.0605. The average molecular weight is 312 g/mol. The molecule has 0 aliphatic rings. The standard InChI is InChI=1S/C12H9FN2O5S/c13-8-1-3-9(4-2-8)14-11-6-5-10(15(16)17)7-12(11)21(18,19)20/h1-7,14H,(H,18,19,20). The molecule has 0 unspecified atom stereocenters. The Morgan fingerprint density at radius 3 is 2.29 bits per heavy atom. The Morgan fingerprint density at radius 1 is 1.14 bits per heavy atom. The van der Waals surface area contributed by atoms with E-state index < -0.39 is 31.4 Å². The first-order chi connectivity index (χ1) is 9.77. The van der Waals surface area contributed by atoms with Gasteiger partial charge in [0.05, 0.1) is 10.6 Å². The number of rotatable bonds is 4. The van der Waals surface area contributed by atoms with Crippen LogP contribution in [0.5, 0.6) is 0 Å². The van der Waals surface area contributed by atoms with Gasteiger partial charge in [-0.1, -0.05) is 0 Å². The maximum atomic E-state index is 12.8. The van der Waals surface area contributed by atoms with Crippen LogP contribution in [0.3, 0.4) is 0 Å². The van der Waals surface area contributed by atoms with E-state index in [1.807, 2.05) is 0 Å². The van der Waals surface area contributed by atoms with Gasteiger partial charge < -0.3 is 5.32 Å². The summed E-state index contributed by atoms with van der Waals surface area (Å²) in [6.45, 7) is 0. The van der Waals surface area contributed by atoms with Crippen LogP contribution in [0.1, 0.15) is 0 Å². The summed E-state index contributed by atoms with van der Waals surface area (Å²) >= 11 is 0. The second kappa shape index (κ2) is 5.46. The summed E-state index contributed by atoms with van der Waals surface area (Å²) in [5.74, 6) is -0.473. The molecule has 110 valence electrons. The summed E-state index contributed by atoms with van der Waals surface area (Å²) in [4.78, 5) is 9.23. The predicted octanol–water partition coefficient (Wildman–Crippen LogP) is 2.72. The third-order valence-electron chi connectivity index (χ3n) is 2.58. The van der Waals surface area contributed by atoms with Crippen molar-refractivity contribution in [2.75, 3.05) is 5.32 Å².